The highest BCUT2D eigenvalue weighted by molar-refractivity contribution is 7.15. The molecule has 2 rings (SSSR count). The van der Waals surface area contributed by atoms with E-state index < -0.39 is 5.41 Å². The molecule has 0 aliphatic heterocycles. The maximum absolute atomic E-state index is 12.3. The number of fused-ring (bicyclic) bond motifs is 1. The number of nitrogens with one attached hydrogen (secondary N) is 1. The Bertz CT molecular complexity index is 488. The lowest BCUT2D eigenvalue weighted by molar-refractivity contribution is -0.123. The molecule has 1 heterocycles. The van der Waals surface area contributed by atoms with Crippen LogP contribution in [0.15, 0.2) is 0 Å². The zero-order chi connectivity index (χ0) is 13.9. The number of anilines is 1. The minimum atomic E-state index is -0.924. The minimum Gasteiger partial charge on any atom is -0.301 e. The van der Waals surface area contributed by atoms with Crippen molar-refractivity contribution in [3.05, 3.63) is 10.6 Å². The number of hydrogen-bond acceptors (Lipinski definition) is 4. The highest BCUT2D eigenvalue weighted by Gasteiger charge is 2.35. The Morgan fingerprint density at radius 2 is 2.11 bits per heavy atom. The molecule has 0 atom stereocenters. The van der Waals surface area contributed by atoms with Crippen LogP contribution in [0.2, 0.25) is 0 Å². The molecular weight excluding hydrogens is 258 g/mol. The Kier molecular flexibility index (Phi) is 4.20. The number of nitriles is 1. The van der Waals surface area contributed by atoms with Crippen molar-refractivity contribution < 1.29 is 4.79 Å². The molecule has 0 saturated carbocycles. The van der Waals surface area contributed by atoms with Crippen LogP contribution in [-0.2, 0) is 17.6 Å². The number of aryl methyl sites for hydroxylation is 2. The van der Waals surface area contributed by atoms with E-state index in [4.69, 9.17) is 0 Å². The summed E-state index contributed by atoms with van der Waals surface area (Å²) in [6.07, 6.45) is 5.50. The molecule has 1 aromatic heterocycles. The largest absolute Gasteiger partial charge is 0.301 e. The van der Waals surface area contributed by atoms with E-state index >= 15 is 0 Å². The van der Waals surface area contributed by atoms with Gasteiger partial charge in [0.1, 0.15) is 5.41 Å². The van der Waals surface area contributed by atoms with Crippen LogP contribution in [0.3, 0.4) is 0 Å². The first-order valence-corrected chi connectivity index (χ1v) is 7.68. The number of carbonyl (C=O) groups is 1. The van der Waals surface area contributed by atoms with Crippen LogP contribution in [0, 0.1) is 16.7 Å². The van der Waals surface area contributed by atoms with Crippen molar-refractivity contribution in [1.29, 1.82) is 5.26 Å². The van der Waals surface area contributed by atoms with Crippen LogP contribution in [0.25, 0.3) is 0 Å². The van der Waals surface area contributed by atoms with Gasteiger partial charge in [-0.1, -0.05) is 13.8 Å². The molecule has 4 nitrogen and oxygen atoms in total. The molecule has 0 bridgehead atoms. The molecule has 0 spiro atoms. The summed E-state index contributed by atoms with van der Waals surface area (Å²) in [7, 11) is 0. The predicted molar refractivity (Wildman–Crippen MR) is 76.0 cm³/mol. The molecule has 5 heteroatoms. The lowest BCUT2D eigenvalue weighted by Gasteiger charge is -2.21. The number of carbonyl (C=O) groups excluding carboxylic acids is 1. The molecule has 1 aliphatic rings. The molecule has 0 radical (unpaired) electrons. The van der Waals surface area contributed by atoms with Crippen molar-refractivity contribution in [3.63, 3.8) is 0 Å². The summed E-state index contributed by atoms with van der Waals surface area (Å²) in [5.74, 6) is -0.217. The molecule has 19 heavy (non-hydrogen) atoms. The van der Waals surface area contributed by atoms with Crippen LogP contribution in [0.1, 0.15) is 50.1 Å². The molecular formula is C14H19N3OS. The second kappa shape index (κ2) is 5.70. The van der Waals surface area contributed by atoms with E-state index in [2.05, 4.69) is 16.4 Å². The van der Waals surface area contributed by atoms with Gasteiger partial charge in [-0.2, -0.15) is 5.26 Å². The zero-order valence-electron chi connectivity index (χ0n) is 11.5. The Morgan fingerprint density at radius 1 is 1.42 bits per heavy atom. The van der Waals surface area contributed by atoms with E-state index in [0.717, 1.165) is 18.5 Å². The summed E-state index contributed by atoms with van der Waals surface area (Å²) in [5.41, 5.74) is 0.203. The third-order valence-corrected chi connectivity index (χ3v) is 4.99. The lowest BCUT2D eigenvalue weighted by atomic mass is 9.83. The lowest BCUT2D eigenvalue weighted by Crippen LogP contribution is -2.33. The van der Waals surface area contributed by atoms with Crippen LogP contribution in [-0.4, -0.2) is 10.9 Å². The Balaban J connectivity index is 2.15. The average molecular weight is 277 g/mol. The Labute approximate surface area is 117 Å². The van der Waals surface area contributed by atoms with E-state index in [1.54, 1.807) is 11.3 Å². The standard InChI is InChI=1S/C14H19N3OS/c1-3-14(4-2,9-15)12(18)17-13-16-10-7-5-6-8-11(10)19-13/h3-8H2,1-2H3,(H,16,17,18). The first-order chi connectivity index (χ1) is 9.15. The fourth-order valence-corrected chi connectivity index (χ4v) is 3.45. The van der Waals surface area contributed by atoms with Gasteiger partial charge >= 0.3 is 0 Å². The molecule has 0 aromatic carbocycles. The van der Waals surface area contributed by atoms with Crippen molar-refractivity contribution in [3.8, 4) is 6.07 Å². The van der Waals surface area contributed by atoms with Gasteiger partial charge < -0.3 is 5.32 Å². The van der Waals surface area contributed by atoms with Crippen LogP contribution >= 0.6 is 11.3 Å². The van der Waals surface area contributed by atoms with E-state index in [1.165, 1.54) is 17.7 Å². The first-order valence-electron chi connectivity index (χ1n) is 6.86. The van der Waals surface area contributed by atoms with Crippen molar-refractivity contribution in [2.45, 2.75) is 52.4 Å². The number of thiazole rings is 1. The SMILES string of the molecule is CCC(C#N)(CC)C(=O)Nc1nc2c(s1)CCCC2. The van der Waals surface area contributed by atoms with Gasteiger partial charge in [0.15, 0.2) is 5.13 Å². The summed E-state index contributed by atoms with van der Waals surface area (Å²) in [6, 6.07) is 2.16. The van der Waals surface area contributed by atoms with Crippen molar-refractivity contribution in [2.75, 3.05) is 5.32 Å². The summed E-state index contributed by atoms with van der Waals surface area (Å²) in [5, 5.41) is 12.7. The maximum Gasteiger partial charge on any atom is 0.246 e. The Morgan fingerprint density at radius 3 is 2.68 bits per heavy atom. The van der Waals surface area contributed by atoms with Gasteiger partial charge in [0.05, 0.1) is 11.8 Å². The molecule has 1 amide bonds. The molecule has 0 saturated heterocycles. The quantitative estimate of drug-likeness (QED) is 0.918. The van der Waals surface area contributed by atoms with Gasteiger partial charge in [-0.25, -0.2) is 4.98 Å². The fourth-order valence-electron chi connectivity index (χ4n) is 2.40. The van der Waals surface area contributed by atoms with Crippen molar-refractivity contribution in [2.24, 2.45) is 5.41 Å². The average Bonchev–Trinajstić information content (AvgIpc) is 2.83. The molecule has 1 aromatic rings. The third kappa shape index (κ3) is 2.64. The highest BCUT2D eigenvalue weighted by atomic mass is 32.1. The van der Waals surface area contributed by atoms with Gasteiger partial charge in [-0.05, 0) is 38.5 Å². The van der Waals surface area contributed by atoms with E-state index in [0.29, 0.717) is 18.0 Å². The highest BCUT2D eigenvalue weighted by Crippen LogP contribution is 2.32. The fraction of sp³-hybridized carbons (Fsp3) is 0.643. The number of hydrogen-bond donors (Lipinski definition) is 1. The van der Waals surface area contributed by atoms with E-state index in [1.807, 2.05) is 13.8 Å². The molecule has 0 fully saturated rings. The van der Waals surface area contributed by atoms with Crippen LogP contribution in [0.4, 0.5) is 5.13 Å². The predicted octanol–water partition coefficient (Wildman–Crippen LogP) is 3.29. The first kappa shape index (κ1) is 14.0. The zero-order valence-corrected chi connectivity index (χ0v) is 12.3. The maximum atomic E-state index is 12.3. The molecule has 0 unspecified atom stereocenters. The normalized spacial score (nSPS) is 14.6. The topological polar surface area (TPSA) is 65.8 Å². The van der Waals surface area contributed by atoms with Gasteiger partial charge in [0.2, 0.25) is 5.91 Å². The second-order valence-corrected chi connectivity index (χ2v) is 6.03. The van der Waals surface area contributed by atoms with Crippen molar-refractivity contribution >= 4 is 22.4 Å². The second-order valence-electron chi connectivity index (χ2n) is 4.95. The van der Waals surface area contributed by atoms with Crippen LogP contribution < -0.4 is 5.32 Å². The van der Waals surface area contributed by atoms with E-state index in [-0.39, 0.29) is 5.91 Å². The van der Waals surface area contributed by atoms with Gasteiger partial charge in [-0.15, -0.1) is 11.3 Å². The summed E-state index contributed by atoms with van der Waals surface area (Å²) in [4.78, 5) is 18.0. The number of rotatable bonds is 4. The summed E-state index contributed by atoms with van der Waals surface area (Å²) >= 11 is 1.56. The smallest absolute Gasteiger partial charge is 0.246 e. The minimum absolute atomic E-state index is 0.217. The number of nitrogens with zero attached hydrogens (tertiary/aromatic N) is 2. The van der Waals surface area contributed by atoms with E-state index in [9.17, 15) is 10.1 Å². The summed E-state index contributed by atoms with van der Waals surface area (Å²) < 4.78 is 0. The molecule has 1 aliphatic carbocycles. The van der Waals surface area contributed by atoms with Crippen LogP contribution in [0.5, 0.6) is 0 Å². The van der Waals surface area contributed by atoms with Gasteiger partial charge in [-0.3, -0.25) is 4.79 Å². The summed E-state index contributed by atoms with van der Waals surface area (Å²) in [6.45, 7) is 3.75. The van der Waals surface area contributed by atoms with Gasteiger partial charge in [0, 0.05) is 4.88 Å². The monoisotopic (exact) mass is 277 g/mol. The number of aromatic nitrogens is 1. The Hall–Kier alpha value is -1.41. The molecule has 102 valence electrons. The number of amides is 1. The third-order valence-electron chi connectivity index (χ3n) is 3.92. The van der Waals surface area contributed by atoms with Crippen molar-refractivity contribution in [1.82, 2.24) is 4.98 Å². The molecule has 1 N–H and O–H groups in total. The van der Waals surface area contributed by atoms with Gasteiger partial charge in [0.25, 0.3) is 0 Å².